The van der Waals surface area contributed by atoms with E-state index in [0.717, 1.165) is 12.0 Å². The van der Waals surface area contributed by atoms with Crippen LogP contribution in [0.3, 0.4) is 0 Å². The third kappa shape index (κ3) is 3.18. The van der Waals surface area contributed by atoms with Crippen molar-refractivity contribution in [1.82, 2.24) is 0 Å². The van der Waals surface area contributed by atoms with E-state index in [1.807, 2.05) is 36.4 Å². The summed E-state index contributed by atoms with van der Waals surface area (Å²) in [7, 11) is 0. The van der Waals surface area contributed by atoms with Crippen molar-refractivity contribution in [2.45, 2.75) is 18.9 Å². The molecule has 0 bridgehead atoms. The molecule has 0 aromatic heterocycles. The topological polar surface area (TPSA) is 26.0 Å². The second-order valence-electron chi connectivity index (χ2n) is 4.27. The Morgan fingerprint density at radius 1 is 1.06 bits per heavy atom. The number of rotatable bonds is 4. The standard InChI is InChI=1S/C15H15BrFN/c16-13-8-4-7-12(15(13)17)9-10-14(18)11-5-2-1-3-6-11/h1-8,14H,9-10,18H2. The molecule has 18 heavy (non-hydrogen) atoms. The largest absolute Gasteiger partial charge is 0.324 e. The molecule has 3 heteroatoms. The molecule has 2 rings (SSSR count). The van der Waals surface area contributed by atoms with Crippen LogP contribution in [0, 0.1) is 5.82 Å². The monoisotopic (exact) mass is 307 g/mol. The molecule has 0 aliphatic carbocycles. The van der Waals surface area contributed by atoms with E-state index >= 15 is 0 Å². The summed E-state index contributed by atoms with van der Waals surface area (Å²) in [6.07, 6.45) is 1.37. The second-order valence-corrected chi connectivity index (χ2v) is 5.12. The van der Waals surface area contributed by atoms with Gasteiger partial charge in [-0.15, -0.1) is 0 Å². The van der Waals surface area contributed by atoms with Crippen LogP contribution in [0.5, 0.6) is 0 Å². The number of nitrogens with two attached hydrogens (primary N) is 1. The second kappa shape index (κ2) is 6.12. The van der Waals surface area contributed by atoms with Crippen LogP contribution in [0.1, 0.15) is 23.6 Å². The Hall–Kier alpha value is -1.19. The third-order valence-corrected chi connectivity index (χ3v) is 3.60. The highest BCUT2D eigenvalue weighted by Crippen LogP contribution is 2.22. The Morgan fingerprint density at radius 2 is 1.78 bits per heavy atom. The molecule has 0 radical (unpaired) electrons. The predicted octanol–water partition coefficient (Wildman–Crippen LogP) is 4.22. The van der Waals surface area contributed by atoms with E-state index in [1.165, 1.54) is 0 Å². The van der Waals surface area contributed by atoms with Crippen LogP contribution in [0.4, 0.5) is 4.39 Å². The number of benzene rings is 2. The maximum atomic E-state index is 13.8. The Labute approximate surface area is 115 Å². The quantitative estimate of drug-likeness (QED) is 0.899. The summed E-state index contributed by atoms with van der Waals surface area (Å²) in [6, 6.07) is 15.2. The van der Waals surface area contributed by atoms with Crippen molar-refractivity contribution in [3.63, 3.8) is 0 Å². The molecule has 0 amide bonds. The maximum Gasteiger partial charge on any atom is 0.140 e. The average molecular weight is 308 g/mol. The Morgan fingerprint density at radius 3 is 2.50 bits per heavy atom. The normalized spacial score (nSPS) is 12.4. The van der Waals surface area contributed by atoms with Gasteiger partial charge in [0, 0.05) is 6.04 Å². The first-order valence-electron chi connectivity index (χ1n) is 5.92. The highest BCUT2D eigenvalue weighted by molar-refractivity contribution is 9.10. The van der Waals surface area contributed by atoms with Gasteiger partial charge < -0.3 is 5.73 Å². The van der Waals surface area contributed by atoms with Crippen molar-refractivity contribution in [2.24, 2.45) is 5.73 Å². The number of hydrogen-bond donors (Lipinski definition) is 1. The highest BCUT2D eigenvalue weighted by atomic mass is 79.9. The van der Waals surface area contributed by atoms with E-state index < -0.39 is 0 Å². The van der Waals surface area contributed by atoms with Crippen molar-refractivity contribution < 1.29 is 4.39 Å². The Kier molecular flexibility index (Phi) is 4.50. The van der Waals surface area contributed by atoms with Gasteiger partial charge in [0.2, 0.25) is 0 Å². The van der Waals surface area contributed by atoms with Crippen molar-refractivity contribution in [3.05, 3.63) is 69.9 Å². The first-order valence-corrected chi connectivity index (χ1v) is 6.71. The summed E-state index contributed by atoms with van der Waals surface area (Å²) in [5.74, 6) is -0.183. The lowest BCUT2D eigenvalue weighted by Gasteiger charge is -2.12. The van der Waals surface area contributed by atoms with Gasteiger partial charge in [-0.05, 0) is 46.0 Å². The fraction of sp³-hybridized carbons (Fsp3) is 0.200. The SMILES string of the molecule is NC(CCc1cccc(Br)c1F)c1ccccc1. The molecule has 1 atom stereocenters. The summed E-state index contributed by atoms with van der Waals surface area (Å²) in [5.41, 5.74) is 7.89. The molecule has 0 saturated carbocycles. The molecule has 2 aromatic rings. The molecule has 0 aliphatic rings. The lowest BCUT2D eigenvalue weighted by atomic mass is 10.00. The number of hydrogen-bond acceptors (Lipinski definition) is 1. The molecule has 1 unspecified atom stereocenters. The molecule has 0 spiro atoms. The van der Waals surface area contributed by atoms with Crippen LogP contribution in [0.25, 0.3) is 0 Å². The van der Waals surface area contributed by atoms with Crippen molar-refractivity contribution in [3.8, 4) is 0 Å². The Balaban J connectivity index is 2.02. The van der Waals surface area contributed by atoms with Gasteiger partial charge in [-0.25, -0.2) is 4.39 Å². The van der Waals surface area contributed by atoms with E-state index in [-0.39, 0.29) is 11.9 Å². The molecule has 2 aromatic carbocycles. The van der Waals surface area contributed by atoms with Gasteiger partial charge in [-0.3, -0.25) is 0 Å². The number of halogens is 2. The van der Waals surface area contributed by atoms with E-state index in [2.05, 4.69) is 15.9 Å². The van der Waals surface area contributed by atoms with E-state index in [9.17, 15) is 4.39 Å². The molecule has 0 saturated heterocycles. The summed E-state index contributed by atoms with van der Waals surface area (Å²) in [4.78, 5) is 0. The highest BCUT2D eigenvalue weighted by Gasteiger charge is 2.09. The maximum absolute atomic E-state index is 13.8. The molecule has 1 nitrogen and oxygen atoms in total. The van der Waals surface area contributed by atoms with Gasteiger partial charge in [-0.1, -0.05) is 42.5 Å². The van der Waals surface area contributed by atoms with E-state index in [4.69, 9.17) is 5.73 Å². The van der Waals surface area contributed by atoms with Crippen LogP contribution in [-0.4, -0.2) is 0 Å². The molecule has 0 fully saturated rings. The van der Waals surface area contributed by atoms with Crippen molar-refractivity contribution in [2.75, 3.05) is 0 Å². The zero-order chi connectivity index (χ0) is 13.0. The van der Waals surface area contributed by atoms with Gasteiger partial charge in [0.1, 0.15) is 5.82 Å². The van der Waals surface area contributed by atoms with Crippen molar-refractivity contribution in [1.29, 1.82) is 0 Å². The first kappa shape index (κ1) is 13.2. The minimum Gasteiger partial charge on any atom is -0.324 e. The van der Waals surface area contributed by atoms with Crippen LogP contribution in [0.2, 0.25) is 0 Å². The van der Waals surface area contributed by atoms with Crippen LogP contribution in [0.15, 0.2) is 53.0 Å². The molecule has 0 heterocycles. The number of aryl methyl sites for hydroxylation is 1. The lowest BCUT2D eigenvalue weighted by Crippen LogP contribution is -2.11. The summed E-state index contributed by atoms with van der Waals surface area (Å²) in [6.45, 7) is 0. The minimum absolute atomic E-state index is 0.0513. The first-order chi connectivity index (χ1) is 8.68. The fourth-order valence-electron chi connectivity index (χ4n) is 1.92. The third-order valence-electron chi connectivity index (χ3n) is 2.98. The van der Waals surface area contributed by atoms with Gasteiger partial charge in [0.05, 0.1) is 4.47 Å². The lowest BCUT2D eigenvalue weighted by molar-refractivity contribution is 0.582. The molecular weight excluding hydrogens is 293 g/mol. The smallest absolute Gasteiger partial charge is 0.140 e. The molecule has 0 aliphatic heterocycles. The van der Waals surface area contributed by atoms with E-state index in [1.54, 1.807) is 12.1 Å². The molecule has 2 N–H and O–H groups in total. The summed E-state index contributed by atoms with van der Waals surface area (Å²) < 4.78 is 14.3. The van der Waals surface area contributed by atoms with Crippen LogP contribution < -0.4 is 5.73 Å². The van der Waals surface area contributed by atoms with Crippen LogP contribution in [-0.2, 0) is 6.42 Å². The van der Waals surface area contributed by atoms with Gasteiger partial charge in [0.15, 0.2) is 0 Å². The average Bonchev–Trinajstić information content (AvgIpc) is 2.41. The van der Waals surface area contributed by atoms with Gasteiger partial charge >= 0.3 is 0 Å². The summed E-state index contributed by atoms with van der Waals surface area (Å²) >= 11 is 3.19. The Bertz CT molecular complexity index is 513. The van der Waals surface area contributed by atoms with Gasteiger partial charge in [-0.2, -0.15) is 0 Å². The molecular formula is C15H15BrFN. The van der Waals surface area contributed by atoms with Crippen molar-refractivity contribution >= 4 is 15.9 Å². The predicted molar refractivity (Wildman–Crippen MR) is 75.8 cm³/mol. The van der Waals surface area contributed by atoms with Gasteiger partial charge in [0.25, 0.3) is 0 Å². The zero-order valence-electron chi connectivity index (χ0n) is 9.94. The zero-order valence-corrected chi connectivity index (χ0v) is 11.5. The van der Waals surface area contributed by atoms with Crippen LogP contribution >= 0.6 is 15.9 Å². The fourth-order valence-corrected chi connectivity index (χ4v) is 2.33. The summed E-state index contributed by atoms with van der Waals surface area (Å²) in [5, 5.41) is 0. The minimum atomic E-state index is -0.183. The van der Waals surface area contributed by atoms with E-state index in [0.29, 0.717) is 16.5 Å². The molecule has 94 valence electrons.